The van der Waals surface area contributed by atoms with E-state index in [1.807, 2.05) is 6.92 Å². The molecule has 0 bridgehead atoms. The van der Waals surface area contributed by atoms with E-state index in [-0.39, 0.29) is 0 Å². The third kappa shape index (κ3) is 3.60. The summed E-state index contributed by atoms with van der Waals surface area (Å²) in [6.45, 7) is 13.9. The van der Waals surface area contributed by atoms with Gasteiger partial charge < -0.3 is 10.2 Å². The van der Waals surface area contributed by atoms with Gasteiger partial charge >= 0.3 is 0 Å². The van der Waals surface area contributed by atoms with Crippen LogP contribution >= 0.6 is 0 Å². The Labute approximate surface area is 122 Å². The number of rotatable bonds is 5. The van der Waals surface area contributed by atoms with Crippen molar-refractivity contribution in [1.82, 2.24) is 14.9 Å². The Morgan fingerprint density at radius 1 is 1.20 bits per heavy atom. The second-order valence-electron chi connectivity index (χ2n) is 5.50. The van der Waals surface area contributed by atoms with Gasteiger partial charge in [0.25, 0.3) is 0 Å². The first-order valence-electron chi connectivity index (χ1n) is 7.72. The number of anilines is 2. The van der Waals surface area contributed by atoms with Crippen molar-refractivity contribution in [3.63, 3.8) is 0 Å². The summed E-state index contributed by atoms with van der Waals surface area (Å²) in [6.07, 6.45) is 1.22. The molecule has 1 aromatic rings. The van der Waals surface area contributed by atoms with Gasteiger partial charge in [-0.2, -0.15) is 4.98 Å². The van der Waals surface area contributed by atoms with Crippen molar-refractivity contribution in [2.45, 2.75) is 40.2 Å². The molecule has 0 aromatic carbocycles. The Morgan fingerprint density at radius 2 is 1.90 bits per heavy atom. The van der Waals surface area contributed by atoms with Gasteiger partial charge in [-0.15, -0.1) is 0 Å². The Bertz CT molecular complexity index is 426. The largest absolute Gasteiger partial charge is 0.354 e. The standard InChI is InChI=1S/C15H27N5/c1-5-13(4)19-7-9-20(10-8-19)14-11-12(3)17-15(18-14)16-6-2/h11,13H,5-10H2,1-4H3,(H,16,17,18). The van der Waals surface area contributed by atoms with E-state index in [2.05, 4.69) is 51.9 Å². The van der Waals surface area contributed by atoms with E-state index in [0.717, 1.165) is 50.2 Å². The molecular formula is C15H27N5. The molecule has 0 spiro atoms. The van der Waals surface area contributed by atoms with Gasteiger partial charge in [-0.05, 0) is 27.2 Å². The lowest BCUT2D eigenvalue weighted by molar-refractivity contribution is 0.192. The molecule has 20 heavy (non-hydrogen) atoms. The fourth-order valence-electron chi connectivity index (χ4n) is 2.60. The predicted octanol–water partition coefficient (Wildman–Crippen LogP) is 2.14. The molecule has 1 saturated heterocycles. The molecule has 1 N–H and O–H groups in total. The van der Waals surface area contributed by atoms with Gasteiger partial charge in [0.15, 0.2) is 0 Å². The molecular weight excluding hydrogens is 250 g/mol. The van der Waals surface area contributed by atoms with E-state index in [9.17, 15) is 0 Å². The minimum atomic E-state index is 0.682. The van der Waals surface area contributed by atoms with Gasteiger partial charge in [0.2, 0.25) is 5.95 Å². The Morgan fingerprint density at radius 3 is 2.50 bits per heavy atom. The molecule has 1 aromatic heterocycles. The van der Waals surface area contributed by atoms with Crippen LogP contribution in [0, 0.1) is 6.92 Å². The Kier molecular flexibility index (Phi) is 5.17. The monoisotopic (exact) mass is 277 g/mol. The van der Waals surface area contributed by atoms with E-state index in [1.165, 1.54) is 6.42 Å². The third-order valence-corrected chi connectivity index (χ3v) is 4.03. The van der Waals surface area contributed by atoms with Crippen LogP contribution in [0.2, 0.25) is 0 Å². The van der Waals surface area contributed by atoms with Gasteiger partial charge in [0.05, 0.1) is 0 Å². The first-order chi connectivity index (χ1) is 9.63. The van der Waals surface area contributed by atoms with Crippen molar-refractivity contribution in [2.24, 2.45) is 0 Å². The molecule has 1 unspecified atom stereocenters. The van der Waals surface area contributed by atoms with E-state index >= 15 is 0 Å². The van der Waals surface area contributed by atoms with Gasteiger partial charge in [-0.1, -0.05) is 6.92 Å². The van der Waals surface area contributed by atoms with Crippen LogP contribution in [-0.2, 0) is 0 Å². The summed E-state index contributed by atoms with van der Waals surface area (Å²) in [6, 6.07) is 2.77. The molecule has 5 nitrogen and oxygen atoms in total. The summed E-state index contributed by atoms with van der Waals surface area (Å²) in [5, 5.41) is 3.20. The average Bonchev–Trinajstić information content (AvgIpc) is 2.46. The minimum absolute atomic E-state index is 0.682. The van der Waals surface area contributed by atoms with Crippen LogP contribution in [0.3, 0.4) is 0 Å². The number of hydrogen-bond donors (Lipinski definition) is 1. The zero-order valence-electron chi connectivity index (χ0n) is 13.2. The highest BCUT2D eigenvalue weighted by molar-refractivity contribution is 5.45. The summed E-state index contributed by atoms with van der Waals surface area (Å²) in [4.78, 5) is 14.0. The summed E-state index contributed by atoms with van der Waals surface area (Å²) >= 11 is 0. The number of aromatic nitrogens is 2. The molecule has 2 rings (SSSR count). The summed E-state index contributed by atoms with van der Waals surface area (Å²) < 4.78 is 0. The van der Waals surface area contributed by atoms with Crippen LogP contribution in [0.4, 0.5) is 11.8 Å². The fraction of sp³-hybridized carbons (Fsp3) is 0.733. The van der Waals surface area contributed by atoms with E-state index < -0.39 is 0 Å². The fourth-order valence-corrected chi connectivity index (χ4v) is 2.60. The topological polar surface area (TPSA) is 44.3 Å². The second-order valence-corrected chi connectivity index (χ2v) is 5.50. The SMILES string of the molecule is CCNc1nc(C)cc(N2CCN(C(C)CC)CC2)n1. The lowest BCUT2D eigenvalue weighted by Gasteiger charge is -2.38. The molecule has 0 aliphatic carbocycles. The van der Waals surface area contributed by atoms with Crippen molar-refractivity contribution in [3.8, 4) is 0 Å². The van der Waals surface area contributed by atoms with E-state index in [1.54, 1.807) is 0 Å². The first kappa shape index (κ1) is 15.0. The minimum Gasteiger partial charge on any atom is -0.354 e. The van der Waals surface area contributed by atoms with E-state index in [4.69, 9.17) is 0 Å². The predicted molar refractivity (Wildman–Crippen MR) is 84.5 cm³/mol. The first-order valence-corrected chi connectivity index (χ1v) is 7.72. The maximum atomic E-state index is 4.62. The number of hydrogen-bond acceptors (Lipinski definition) is 5. The van der Waals surface area contributed by atoms with Crippen molar-refractivity contribution < 1.29 is 0 Å². The number of piperazine rings is 1. The van der Waals surface area contributed by atoms with Crippen molar-refractivity contribution in [2.75, 3.05) is 42.9 Å². The molecule has 0 amide bonds. The van der Waals surface area contributed by atoms with Crippen molar-refractivity contribution in [3.05, 3.63) is 11.8 Å². The average molecular weight is 277 g/mol. The highest BCUT2D eigenvalue weighted by Gasteiger charge is 2.21. The quantitative estimate of drug-likeness (QED) is 0.893. The summed E-state index contributed by atoms with van der Waals surface area (Å²) in [7, 11) is 0. The number of nitrogens with zero attached hydrogens (tertiary/aromatic N) is 4. The molecule has 0 radical (unpaired) electrons. The molecule has 112 valence electrons. The van der Waals surface area contributed by atoms with Crippen LogP contribution in [0.15, 0.2) is 6.07 Å². The van der Waals surface area contributed by atoms with E-state index in [0.29, 0.717) is 6.04 Å². The smallest absolute Gasteiger partial charge is 0.224 e. The Hall–Kier alpha value is -1.36. The number of nitrogens with one attached hydrogen (secondary N) is 1. The van der Waals surface area contributed by atoms with Crippen molar-refractivity contribution in [1.29, 1.82) is 0 Å². The highest BCUT2D eigenvalue weighted by atomic mass is 15.3. The molecule has 1 aliphatic heterocycles. The maximum Gasteiger partial charge on any atom is 0.224 e. The van der Waals surface area contributed by atoms with Crippen LogP contribution in [0.1, 0.15) is 32.9 Å². The van der Waals surface area contributed by atoms with Gasteiger partial charge in [-0.3, -0.25) is 4.90 Å². The zero-order valence-corrected chi connectivity index (χ0v) is 13.2. The lowest BCUT2D eigenvalue weighted by Crippen LogP contribution is -2.49. The Balaban J connectivity index is 2.03. The maximum absolute atomic E-state index is 4.62. The molecule has 5 heteroatoms. The molecule has 1 fully saturated rings. The van der Waals surface area contributed by atoms with Gasteiger partial charge in [0, 0.05) is 50.5 Å². The molecule has 0 saturated carbocycles. The van der Waals surface area contributed by atoms with Crippen LogP contribution in [0.5, 0.6) is 0 Å². The zero-order chi connectivity index (χ0) is 14.5. The van der Waals surface area contributed by atoms with Crippen LogP contribution in [-0.4, -0.2) is 53.6 Å². The normalized spacial score (nSPS) is 18.1. The van der Waals surface area contributed by atoms with Crippen molar-refractivity contribution >= 4 is 11.8 Å². The molecule has 1 atom stereocenters. The van der Waals surface area contributed by atoms with Crippen LogP contribution < -0.4 is 10.2 Å². The van der Waals surface area contributed by atoms with Gasteiger partial charge in [0.1, 0.15) is 5.82 Å². The highest BCUT2D eigenvalue weighted by Crippen LogP contribution is 2.18. The van der Waals surface area contributed by atoms with Gasteiger partial charge in [-0.25, -0.2) is 4.98 Å². The molecule has 1 aliphatic rings. The molecule has 2 heterocycles. The summed E-state index contributed by atoms with van der Waals surface area (Å²) in [5.41, 5.74) is 1.02. The lowest BCUT2D eigenvalue weighted by atomic mass is 10.2. The number of aryl methyl sites for hydroxylation is 1. The van der Waals surface area contributed by atoms with Crippen LogP contribution in [0.25, 0.3) is 0 Å². The second kappa shape index (κ2) is 6.88. The third-order valence-electron chi connectivity index (χ3n) is 4.03. The summed E-state index contributed by atoms with van der Waals surface area (Å²) in [5.74, 6) is 1.80.